The van der Waals surface area contributed by atoms with Gasteiger partial charge in [-0.3, -0.25) is 0 Å². The van der Waals surface area contributed by atoms with Gasteiger partial charge in [-0.05, 0) is 48.7 Å². The second-order valence-electron chi connectivity index (χ2n) is 6.65. The van der Waals surface area contributed by atoms with Gasteiger partial charge in [0.25, 0.3) is 0 Å². The molecule has 1 saturated heterocycles. The van der Waals surface area contributed by atoms with Crippen LogP contribution in [0.2, 0.25) is 0 Å². The van der Waals surface area contributed by atoms with Crippen LogP contribution in [-0.2, 0) is 0 Å². The molecule has 2 nitrogen and oxygen atoms in total. The summed E-state index contributed by atoms with van der Waals surface area (Å²) in [7, 11) is 0. The monoisotopic (exact) mass is 317 g/mol. The highest BCUT2D eigenvalue weighted by atomic mass is 19.1. The zero-order valence-electron chi connectivity index (χ0n) is 13.3. The Morgan fingerprint density at radius 1 is 0.957 bits per heavy atom. The molecule has 3 rings (SSSR count). The van der Waals surface area contributed by atoms with Gasteiger partial charge in [0.1, 0.15) is 11.6 Å². The fourth-order valence-corrected chi connectivity index (χ4v) is 3.34. The zero-order chi connectivity index (χ0) is 16.6. The van der Waals surface area contributed by atoms with E-state index in [9.17, 15) is 13.9 Å². The molecular weight excluding hydrogens is 296 g/mol. The Hall–Kier alpha value is -1.78. The molecule has 2 aromatic carbocycles. The van der Waals surface area contributed by atoms with Gasteiger partial charge in [0.05, 0.1) is 5.60 Å². The molecule has 122 valence electrons. The van der Waals surface area contributed by atoms with Gasteiger partial charge in [-0.2, -0.15) is 0 Å². The van der Waals surface area contributed by atoms with Crippen molar-refractivity contribution in [2.24, 2.45) is 5.92 Å². The van der Waals surface area contributed by atoms with E-state index in [1.54, 1.807) is 24.3 Å². The first kappa shape index (κ1) is 16.1. The third-order valence-electron chi connectivity index (χ3n) is 4.98. The van der Waals surface area contributed by atoms with Crippen LogP contribution in [0, 0.1) is 17.6 Å². The average Bonchev–Trinajstić information content (AvgIpc) is 2.51. The highest BCUT2D eigenvalue weighted by molar-refractivity contribution is 5.27. The minimum absolute atomic E-state index is 0.0374. The lowest BCUT2D eigenvalue weighted by atomic mass is 9.73. The molecule has 0 aliphatic carbocycles. The van der Waals surface area contributed by atoms with Crippen molar-refractivity contribution in [2.45, 2.75) is 38.0 Å². The molecule has 0 unspecified atom stereocenters. The summed E-state index contributed by atoms with van der Waals surface area (Å²) in [5.74, 6) is -0.594. The number of hydrogen-bond donors (Lipinski definition) is 2. The SMILES string of the molecule is C[C@H]1[C@H](c2ccc(F)cc2)N[C@H](c2ccc(F)cc2)C[C@@]1(C)O. The third kappa shape index (κ3) is 3.28. The molecule has 0 radical (unpaired) electrons. The van der Waals surface area contributed by atoms with Crippen molar-refractivity contribution in [3.8, 4) is 0 Å². The van der Waals surface area contributed by atoms with Crippen molar-refractivity contribution in [3.63, 3.8) is 0 Å². The largest absolute Gasteiger partial charge is 0.390 e. The number of halogens is 2. The standard InChI is InChI=1S/C19H21F2NO/c1-12-18(14-5-9-16(21)10-6-14)22-17(11-19(12,2)23)13-3-7-15(20)8-4-13/h3-10,12,17-18,22-23H,11H2,1-2H3/t12-,17-,18+,19+/m0/s1. The van der Waals surface area contributed by atoms with E-state index in [0.29, 0.717) is 6.42 Å². The Bertz CT molecular complexity index is 667. The van der Waals surface area contributed by atoms with Crippen molar-refractivity contribution in [1.29, 1.82) is 0 Å². The molecule has 0 bridgehead atoms. The van der Waals surface area contributed by atoms with E-state index in [2.05, 4.69) is 5.32 Å². The van der Waals surface area contributed by atoms with Crippen molar-refractivity contribution >= 4 is 0 Å². The first-order valence-corrected chi connectivity index (χ1v) is 7.86. The van der Waals surface area contributed by atoms with Crippen LogP contribution in [0.3, 0.4) is 0 Å². The number of nitrogens with one attached hydrogen (secondary N) is 1. The van der Waals surface area contributed by atoms with Gasteiger partial charge >= 0.3 is 0 Å². The summed E-state index contributed by atoms with van der Waals surface area (Å²) in [6.45, 7) is 3.81. The summed E-state index contributed by atoms with van der Waals surface area (Å²) in [4.78, 5) is 0. The lowest BCUT2D eigenvalue weighted by molar-refractivity contribution is -0.0526. The maximum atomic E-state index is 13.2. The van der Waals surface area contributed by atoms with Crippen molar-refractivity contribution < 1.29 is 13.9 Å². The number of benzene rings is 2. The molecule has 0 aromatic heterocycles. The second kappa shape index (κ2) is 6.02. The Labute approximate surface area is 135 Å². The lowest BCUT2D eigenvalue weighted by Gasteiger charge is -2.46. The maximum Gasteiger partial charge on any atom is 0.123 e. The molecule has 1 fully saturated rings. The fourth-order valence-electron chi connectivity index (χ4n) is 3.34. The van der Waals surface area contributed by atoms with Crippen molar-refractivity contribution in [3.05, 3.63) is 71.3 Å². The number of piperidine rings is 1. The summed E-state index contributed by atoms with van der Waals surface area (Å²) in [6, 6.07) is 12.5. The maximum absolute atomic E-state index is 13.2. The molecule has 4 heteroatoms. The number of rotatable bonds is 2. The minimum atomic E-state index is -0.872. The predicted molar refractivity (Wildman–Crippen MR) is 85.8 cm³/mol. The summed E-state index contributed by atoms with van der Waals surface area (Å²) < 4.78 is 26.3. The van der Waals surface area contributed by atoms with E-state index >= 15 is 0 Å². The van der Waals surface area contributed by atoms with Gasteiger partial charge in [-0.25, -0.2) is 8.78 Å². The fraction of sp³-hybridized carbons (Fsp3) is 0.368. The Kier molecular flexibility index (Phi) is 4.21. The van der Waals surface area contributed by atoms with Crippen LogP contribution in [0.5, 0.6) is 0 Å². The molecule has 2 aromatic rings. The third-order valence-corrected chi connectivity index (χ3v) is 4.98. The lowest BCUT2D eigenvalue weighted by Crippen LogP contribution is -2.50. The molecule has 4 atom stereocenters. The molecule has 23 heavy (non-hydrogen) atoms. The van der Waals surface area contributed by atoms with Crippen LogP contribution in [-0.4, -0.2) is 10.7 Å². The number of hydrogen-bond acceptors (Lipinski definition) is 2. The van der Waals surface area contributed by atoms with E-state index in [1.165, 1.54) is 24.3 Å². The molecule has 0 spiro atoms. The van der Waals surface area contributed by atoms with E-state index in [4.69, 9.17) is 0 Å². The van der Waals surface area contributed by atoms with Crippen LogP contribution in [0.15, 0.2) is 48.5 Å². The summed E-state index contributed by atoms with van der Waals surface area (Å²) in [5.41, 5.74) is 1.00. The quantitative estimate of drug-likeness (QED) is 0.873. The highest BCUT2D eigenvalue weighted by Gasteiger charge is 2.42. The molecule has 0 amide bonds. The highest BCUT2D eigenvalue weighted by Crippen LogP contribution is 2.42. The van der Waals surface area contributed by atoms with Crippen LogP contribution in [0.1, 0.15) is 43.5 Å². The van der Waals surface area contributed by atoms with Gasteiger partial charge in [-0.1, -0.05) is 31.2 Å². The topological polar surface area (TPSA) is 32.3 Å². The van der Waals surface area contributed by atoms with E-state index < -0.39 is 5.60 Å². The molecule has 0 saturated carbocycles. The zero-order valence-corrected chi connectivity index (χ0v) is 13.3. The summed E-state index contributed by atoms with van der Waals surface area (Å²) in [6.07, 6.45) is 0.539. The summed E-state index contributed by atoms with van der Waals surface area (Å²) >= 11 is 0. The minimum Gasteiger partial charge on any atom is -0.390 e. The second-order valence-corrected chi connectivity index (χ2v) is 6.65. The van der Waals surface area contributed by atoms with E-state index in [-0.39, 0.29) is 29.6 Å². The Morgan fingerprint density at radius 3 is 1.96 bits per heavy atom. The van der Waals surface area contributed by atoms with E-state index in [0.717, 1.165) is 11.1 Å². The van der Waals surface area contributed by atoms with Crippen molar-refractivity contribution in [1.82, 2.24) is 5.32 Å². The smallest absolute Gasteiger partial charge is 0.123 e. The molecule has 1 aliphatic rings. The first-order chi connectivity index (χ1) is 10.9. The Morgan fingerprint density at radius 2 is 1.43 bits per heavy atom. The molecule has 1 aliphatic heterocycles. The average molecular weight is 317 g/mol. The first-order valence-electron chi connectivity index (χ1n) is 7.86. The molecular formula is C19H21F2NO. The molecule has 1 heterocycles. The predicted octanol–water partition coefficient (Wildman–Crippen LogP) is 4.13. The van der Waals surface area contributed by atoms with Crippen LogP contribution < -0.4 is 5.32 Å². The van der Waals surface area contributed by atoms with Crippen LogP contribution in [0.25, 0.3) is 0 Å². The normalized spacial score (nSPS) is 31.1. The van der Waals surface area contributed by atoms with Gasteiger partial charge in [-0.15, -0.1) is 0 Å². The summed E-state index contributed by atoms with van der Waals surface area (Å²) in [5, 5.41) is 14.4. The van der Waals surface area contributed by atoms with Crippen molar-refractivity contribution in [2.75, 3.05) is 0 Å². The van der Waals surface area contributed by atoms with Gasteiger partial charge in [0.15, 0.2) is 0 Å². The Balaban J connectivity index is 1.92. The van der Waals surface area contributed by atoms with E-state index in [1.807, 2.05) is 13.8 Å². The van der Waals surface area contributed by atoms with Gasteiger partial charge in [0, 0.05) is 18.0 Å². The van der Waals surface area contributed by atoms with Gasteiger partial charge < -0.3 is 10.4 Å². The van der Waals surface area contributed by atoms with Gasteiger partial charge in [0.2, 0.25) is 0 Å². The van der Waals surface area contributed by atoms with Crippen LogP contribution in [0.4, 0.5) is 8.78 Å². The number of aliphatic hydroxyl groups is 1. The molecule has 2 N–H and O–H groups in total. The van der Waals surface area contributed by atoms with Crippen LogP contribution >= 0.6 is 0 Å².